The van der Waals surface area contributed by atoms with E-state index >= 15 is 0 Å². The molecule has 0 aromatic rings. The van der Waals surface area contributed by atoms with E-state index in [-0.39, 0.29) is 6.10 Å². The summed E-state index contributed by atoms with van der Waals surface area (Å²) >= 11 is 0. The molecule has 2 aliphatic carbocycles. The first-order valence-corrected chi connectivity index (χ1v) is 7.65. The summed E-state index contributed by atoms with van der Waals surface area (Å²) in [6.07, 6.45) is 13.3. The first-order valence-electron chi connectivity index (χ1n) is 7.65. The van der Waals surface area contributed by atoms with E-state index in [1.807, 2.05) is 0 Å². The molecule has 2 rings (SSSR count). The van der Waals surface area contributed by atoms with Crippen molar-refractivity contribution < 1.29 is 5.11 Å². The lowest BCUT2D eigenvalue weighted by molar-refractivity contribution is 0.0373. The minimum atomic E-state index is -0.0813. The lowest BCUT2D eigenvalue weighted by Crippen LogP contribution is -2.41. The lowest BCUT2D eigenvalue weighted by atomic mass is 9.84. The zero-order valence-electron chi connectivity index (χ0n) is 11.4. The van der Waals surface area contributed by atoms with Crippen molar-refractivity contribution in [3.8, 4) is 0 Å². The quantitative estimate of drug-likeness (QED) is 0.814. The summed E-state index contributed by atoms with van der Waals surface area (Å²) in [4.78, 5) is 2.43. The highest BCUT2D eigenvalue weighted by Gasteiger charge is 2.25. The average molecular weight is 239 g/mol. The third-order valence-corrected chi connectivity index (χ3v) is 4.87. The van der Waals surface area contributed by atoms with Crippen molar-refractivity contribution in [3.05, 3.63) is 0 Å². The molecular weight excluding hydrogens is 210 g/mol. The second-order valence-electron chi connectivity index (χ2n) is 6.20. The number of rotatable bonds is 4. The van der Waals surface area contributed by atoms with Gasteiger partial charge in [-0.25, -0.2) is 0 Å². The normalized spacial score (nSPS) is 26.3. The van der Waals surface area contributed by atoms with Crippen LogP contribution in [-0.4, -0.2) is 35.7 Å². The molecule has 2 saturated carbocycles. The molecule has 1 N–H and O–H groups in total. The fourth-order valence-electron chi connectivity index (χ4n) is 3.63. The van der Waals surface area contributed by atoms with E-state index in [0.717, 1.165) is 12.6 Å². The molecule has 2 heteroatoms. The Morgan fingerprint density at radius 1 is 0.941 bits per heavy atom. The largest absolute Gasteiger partial charge is 0.392 e. The van der Waals surface area contributed by atoms with Gasteiger partial charge in [0.25, 0.3) is 0 Å². The third-order valence-electron chi connectivity index (χ3n) is 4.87. The molecule has 0 aliphatic heterocycles. The van der Waals surface area contributed by atoms with Gasteiger partial charge in [-0.3, -0.25) is 0 Å². The number of aliphatic hydroxyl groups excluding tert-OH is 1. The predicted octanol–water partition coefficient (Wildman–Crippen LogP) is 3.19. The van der Waals surface area contributed by atoms with Gasteiger partial charge in [0.2, 0.25) is 0 Å². The highest BCUT2D eigenvalue weighted by molar-refractivity contribution is 4.79. The summed E-state index contributed by atoms with van der Waals surface area (Å²) in [7, 11) is 2.21. The maximum atomic E-state index is 10.3. The van der Waals surface area contributed by atoms with Crippen LogP contribution in [0.1, 0.15) is 64.2 Å². The Hall–Kier alpha value is -0.0800. The Morgan fingerprint density at radius 3 is 2.06 bits per heavy atom. The summed E-state index contributed by atoms with van der Waals surface area (Å²) in [5.74, 6) is 0.579. The summed E-state index contributed by atoms with van der Waals surface area (Å²) in [5, 5.41) is 10.3. The Bertz CT molecular complexity index is 185. The van der Waals surface area contributed by atoms with Crippen LogP contribution in [0.3, 0.4) is 0 Å². The van der Waals surface area contributed by atoms with E-state index in [9.17, 15) is 5.11 Å². The Balaban J connectivity index is 1.74. The van der Waals surface area contributed by atoms with Gasteiger partial charge >= 0.3 is 0 Å². The molecule has 100 valence electrons. The molecule has 2 nitrogen and oxygen atoms in total. The van der Waals surface area contributed by atoms with Crippen LogP contribution in [0.5, 0.6) is 0 Å². The van der Waals surface area contributed by atoms with Crippen LogP contribution in [0.25, 0.3) is 0 Å². The van der Waals surface area contributed by atoms with Crippen molar-refractivity contribution in [2.24, 2.45) is 5.92 Å². The molecule has 0 radical (unpaired) electrons. The van der Waals surface area contributed by atoms with Gasteiger partial charge in [0.1, 0.15) is 0 Å². The van der Waals surface area contributed by atoms with Crippen LogP contribution in [0, 0.1) is 5.92 Å². The van der Waals surface area contributed by atoms with Crippen molar-refractivity contribution >= 4 is 0 Å². The molecule has 0 heterocycles. The van der Waals surface area contributed by atoms with E-state index in [0.29, 0.717) is 5.92 Å². The maximum absolute atomic E-state index is 10.3. The number of likely N-dealkylation sites (N-methyl/N-ethyl adjacent to an activating group) is 1. The fourth-order valence-corrected chi connectivity index (χ4v) is 3.63. The second kappa shape index (κ2) is 6.75. The molecule has 0 amide bonds. The summed E-state index contributed by atoms with van der Waals surface area (Å²) in [6.45, 7) is 0.898. The molecule has 0 bridgehead atoms. The Morgan fingerprint density at radius 2 is 1.47 bits per heavy atom. The van der Waals surface area contributed by atoms with Crippen molar-refractivity contribution in [2.75, 3.05) is 13.6 Å². The van der Waals surface area contributed by atoms with E-state index < -0.39 is 0 Å². The van der Waals surface area contributed by atoms with Gasteiger partial charge in [0.15, 0.2) is 0 Å². The highest BCUT2D eigenvalue weighted by Crippen LogP contribution is 2.28. The van der Waals surface area contributed by atoms with E-state index in [1.165, 1.54) is 64.2 Å². The van der Waals surface area contributed by atoms with Crippen LogP contribution in [-0.2, 0) is 0 Å². The minimum absolute atomic E-state index is 0.0813. The second-order valence-corrected chi connectivity index (χ2v) is 6.20. The van der Waals surface area contributed by atoms with Crippen molar-refractivity contribution in [1.82, 2.24) is 4.90 Å². The van der Waals surface area contributed by atoms with Gasteiger partial charge in [-0.1, -0.05) is 38.5 Å². The maximum Gasteiger partial charge on any atom is 0.0695 e. The van der Waals surface area contributed by atoms with Crippen LogP contribution >= 0.6 is 0 Å². The minimum Gasteiger partial charge on any atom is -0.392 e. The third kappa shape index (κ3) is 3.96. The van der Waals surface area contributed by atoms with Crippen LogP contribution in [0.2, 0.25) is 0 Å². The molecule has 0 saturated heterocycles. The molecule has 1 atom stereocenters. The van der Waals surface area contributed by atoms with E-state index in [4.69, 9.17) is 0 Å². The molecule has 2 aliphatic rings. The van der Waals surface area contributed by atoms with Crippen LogP contribution < -0.4 is 0 Å². The predicted molar refractivity (Wildman–Crippen MR) is 72.1 cm³/mol. The lowest BCUT2D eigenvalue weighted by Gasteiger charge is -2.35. The standard InChI is InChI=1S/C15H29NO/c1-16(14-10-6-3-7-11-14)12-15(17)13-8-4-2-5-9-13/h13-15,17H,2-12H2,1H3. The van der Waals surface area contributed by atoms with Gasteiger partial charge in [-0.15, -0.1) is 0 Å². The van der Waals surface area contributed by atoms with Crippen LogP contribution in [0.15, 0.2) is 0 Å². The molecule has 17 heavy (non-hydrogen) atoms. The Labute approximate surface area is 106 Å². The molecule has 0 spiro atoms. The zero-order valence-corrected chi connectivity index (χ0v) is 11.4. The first-order chi connectivity index (χ1) is 8.27. The zero-order chi connectivity index (χ0) is 12.1. The molecule has 2 fully saturated rings. The van der Waals surface area contributed by atoms with Gasteiger partial charge in [0, 0.05) is 12.6 Å². The van der Waals surface area contributed by atoms with Gasteiger partial charge in [0.05, 0.1) is 6.10 Å². The number of nitrogens with zero attached hydrogens (tertiary/aromatic N) is 1. The monoisotopic (exact) mass is 239 g/mol. The summed E-state index contributed by atoms with van der Waals surface area (Å²) < 4.78 is 0. The number of hydrogen-bond acceptors (Lipinski definition) is 2. The molecule has 0 aromatic carbocycles. The average Bonchev–Trinajstić information content (AvgIpc) is 2.40. The highest BCUT2D eigenvalue weighted by atomic mass is 16.3. The SMILES string of the molecule is CN(CC(O)C1CCCCC1)C1CCCCC1. The Kier molecular flexibility index (Phi) is 5.30. The van der Waals surface area contributed by atoms with E-state index in [1.54, 1.807) is 0 Å². The first kappa shape index (κ1) is 13.4. The van der Waals surface area contributed by atoms with Crippen molar-refractivity contribution in [2.45, 2.75) is 76.4 Å². The van der Waals surface area contributed by atoms with Crippen molar-refractivity contribution in [1.29, 1.82) is 0 Å². The number of hydrogen-bond donors (Lipinski definition) is 1. The number of aliphatic hydroxyl groups is 1. The van der Waals surface area contributed by atoms with E-state index in [2.05, 4.69) is 11.9 Å². The van der Waals surface area contributed by atoms with Crippen molar-refractivity contribution in [3.63, 3.8) is 0 Å². The molecule has 0 aromatic heterocycles. The smallest absolute Gasteiger partial charge is 0.0695 e. The van der Waals surface area contributed by atoms with Gasteiger partial charge in [-0.05, 0) is 38.6 Å². The fraction of sp³-hybridized carbons (Fsp3) is 1.00. The summed E-state index contributed by atoms with van der Waals surface area (Å²) in [6, 6.07) is 0.738. The summed E-state index contributed by atoms with van der Waals surface area (Å²) in [5.41, 5.74) is 0. The van der Waals surface area contributed by atoms with Crippen LogP contribution in [0.4, 0.5) is 0 Å². The topological polar surface area (TPSA) is 23.5 Å². The molecular formula is C15H29NO. The van der Waals surface area contributed by atoms with Gasteiger partial charge < -0.3 is 10.0 Å². The molecule has 1 unspecified atom stereocenters. The van der Waals surface area contributed by atoms with Gasteiger partial charge in [-0.2, -0.15) is 0 Å².